The topological polar surface area (TPSA) is 12.0 Å². The fraction of sp³-hybridized carbons (Fsp3) is 0.0952. The van der Waals surface area contributed by atoms with Gasteiger partial charge < -0.3 is 5.32 Å². The molecule has 0 aromatic heterocycles. The highest BCUT2D eigenvalue weighted by atomic mass is 31.1. The number of hydrogen-bond donors (Lipinski definition) is 1. The molecule has 0 heterocycles. The van der Waals surface area contributed by atoms with Crippen LogP contribution >= 0.6 is 7.92 Å². The van der Waals surface area contributed by atoms with Gasteiger partial charge in [0.05, 0.1) is 6.54 Å². The van der Waals surface area contributed by atoms with E-state index in [0.29, 0.717) is 0 Å². The Morgan fingerprint density at radius 2 is 1.26 bits per heavy atom. The van der Waals surface area contributed by atoms with Gasteiger partial charge in [-0.2, -0.15) is 0 Å². The quantitative estimate of drug-likeness (QED) is 0.541. The molecule has 0 atom stereocenters. The van der Waals surface area contributed by atoms with E-state index in [9.17, 15) is 0 Å². The first-order chi connectivity index (χ1) is 11.4. The normalized spacial score (nSPS) is 10.9. The van der Waals surface area contributed by atoms with E-state index in [1.165, 1.54) is 21.5 Å². The fourth-order valence-corrected chi connectivity index (χ4v) is 5.11. The Balaban J connectivity index is 2.10. The van der Waals surface area contributed by atoms with Crippen molar-refractivity contribution in [2.24, 2.45) is 0 Å². The van der Waals surface area contributed by atoms with Crippen molar-refractivity contribution in [1.82, 2.24) is 5.32 Å². The monoisotopic (exact) mass is 317 g/mol. The lowest BCUT2D eigenvalue weighted by Crippen LogP contribution is -2.25. The van der Waals surface area contributed by atoms with Crippen LogP contribution in [0.25, 0.3) is 0 Å². The molecule has 2 heteroatoms. The van der Waals surface area contributed by atoms with E-state index in [1.54, 1.807) is 0 Å². The summed E-state index contributed by atoms with van der Waals surface area (Å²) in [5.74, 6) is 0. The van der Waals surface area contributed by atoms with Crippen LogP contribution in [0, 0.1) is 6.54 Å². The summed E-state index contributed by atoms with van der Waals surface area (Å²) in [7, 11) is -0.551. The molecule has 114 valence electrons. The van der Waals surface area contributed by atoms with E-state index in [-0.39, 0.29) is 0 Å². The molecular formula is C21H20NP. The fourth-order valence-electron chi connectivity index (χ4n) is 2.64. The largest absolute Gasteiger partial charge is 0.304 e. The molecule has 3 aromatic rings. The Labute approximate surface area is 140 Å². The van der Waals surface area contributed by atoms with Crippen LogP contribution in [0.2, 0.25) is 0 Å². The minimum atomic E-state index is -0.551. The predicted octanol–water partition coefficient (Wildman–Crippen LogP) is 3.59. The van der Waals surface area contributed by atoms with Crippen molar-refractivity contribution in [3.8, 4) is 0 Å². The predicted molar refractivity (Wildman–Crippen MR) is 101 cm³/mol. The third-order valence-corrected chi connectivity index (χ3v) is 6.26. The average molecular weight is 317 g/mol. The Morgan fingerprint density at radius 1 is 0.739 bits per heavy atom. The third kappa shape index (κ3) is 3.88. The van der Waals surface area contributed by atoms with Gasteiger partial charge in [0, 0.05) is 6.54 Å². The minimum Gasteiger partial charge on any atom is -0.304 e. The van der Waals surface area contributed by atoms with Gasteiger partial charge in [-0.15, -0.1) is 0 Å². The van der Waals surface area contributed by atoms with E-state index in [0.717, 1.165) is 6.54 Å². The van der Waals surface area contributed by atoms with Crippen molar-refractivity contribution in [2.45, 2.75) is 13.5 Å². The van der Waals surface area contributed by atoms with Crippen LogP contribution in [0.1, 0.15) is 12.5 Å². The highest BCUT2D eigenvalue weighted by Gasteiger charge is 2.18. The molecule has 0 saturated heterocycles. The van der Waals surface area contributed by atoms with Crippen LogP contribution in [-0.2, 0) is 6.54 Å². The zero-order valence-corrected chi connectivity index (χ0v) is 14.1. The Morgan fingerprint density at radius 3 is 1.83 bits per heavy atom. The van der Waals surface area contributed by atoms with E-state index in [4.69, 9.17) is 0 Å². The van der Waals surface area contributed by atoms with Gasteiger partial charge in [-0.3, -0.25) is 0 Å². The van der Waals surface area contributed by atoms with E-state index in [2.05, 4.69) is 96.8 Å². The van der Waals surface area contributed by atoms with E-state index in [1.807, 2.05) is 6.92 Å². The Bertz CT molecular complexity index is 686. The lowest BCUT2D eigenvalue weighted by molar-refractivity contribution is 0.809. The summed E-state index contributed by atoms with van der Waals surface area (Å²) in [4.78, 5) is 0. The van der Waals surface area contributed by atoms with Crippen molar-refractivity contribution < 1.29 is 0 Å². The molecular weight excluding hydrogens is 297 g/mol. The average Bonchev–Trinajstić information content (AvgIpc) is 2.63. The number of benzene rings is 3. The SMILES string of the molecule is C[C]NCc1ccccc1P(c1ccccc1)c1ccccc1. The van der Waals surface area contributed by atoms with Gasteiger partial charge in [-0.05, 0) is 36.3 Å². The molecule has 0 unspecified atom stereocenters. The number of hydrogen-bond acceptors (Lipinski definition) is 1. The maximum Gasteiger partial charge on any atom is 0.0554 e. The molecule has 0 amide bonds. The summed E-state index contributed by atoms with van der Waals surface area (Å²) in [5.41, 5.74) is 1.33. The van der Waals surface area contributed by atoms with Crippen molar-refractivity contribution >= 4 is 23.8 Å². The van der Waals surface area contributed by atoms with Gasteiger partial charge in [0.25, 0.3) is 0 Å². The molecule has 3 rings (SSSR count). The lowest BCUT2D eigenvalue weighted by Gasteiger charge is -2.22. The van der Waals surface area contributed by atoms with Gasteiger partial charge in [0.15, 0.2) is 0 Å². The van der Waals surface area contributed by atoms with Gasteiger partial charge in [-0.1, -0.05) is 84.9 Å². The zero-order valence-electron chi connectivity index (χ0n) is 13.2. The van der Waals surface area contributed by atoms with Crippen LogP contribution in [0.3, 0.4) is 0 Å². The summed E-state index contributed by atoms with van der Waals surface area (Å²) >= 11 is 0. The van der Waals surface area contributed by atoms with Crippen molar-refractivity contribution in [3.63, 3.8) is 0 Å². The highest BCUT2D eigenvalue weighted by molar-refractivity contribution is 7.79. The standard InChI is InChI=1S/C21H20NP/c1-2-22-17-18-11-9-10-16-21(18)23(19-12-5-3-6-13-19)20-14-7-4-8-15-20/h3-16,22H,17H2,1H3. The van der Waals surface area contributed by atoms with Crippen molar-refractivity contribution in [1.29, 1.82) is 0 Å². The molecule has 0 saturated carbocycles. The molecule has 0 aliphatic rings. The molecule has 1 N–H and O–H groups in total. The second-order valence-electron chi connectivity index (χ2n) is 5.24. The summed E-state index contributed by atoms with van der Waals surface area (Å²) in [6.07, 6.45) is 0. The van der Waals surface area contributed by atoms with Gasteiger partial charge in [-0.25, -0.2) is 0 Å². The molecule has 1 nitrogen and oxygen atoms in total. The van der Waals surface area contributed by atoms with Crippen molar-refractivity contribution in [3.05, 3.63) is 97.0 Å². The van der Waals surface area contributed by atoms with Gasteiger partial charge in [0.2, 0.25) is 0 Å². The zero-order chi connectivity index (χ0) is 15.9. The molecule has 3 aromatic carbocycles. The molecule has 2 radical (unpaired) electrons. The maximum atomic E-state index is 3.22. The van der Waals surface area contributed by atoms with Crippen LogP contribution in [0.4, 0.5) is 0 Å². The summed E-state index contributed by atoms with van der Waals surface area (Å²) in [6.45, 7) is 5.73. The summed E-state index contributed by atoms with van der Waals surface area (Å²) < 4.78 is 0. The van der Waals surface area contributed by atoms with E-state index >= 15 is 0 Å². The molecule has 0 fully saturated rings. The van der Waals surface area contributed by atoms with E-state index < -0.39 is 7.92 Å². The highest BCUT2D eigenvalue weighted by Crippen LogP contribution is 2.33. The van der Waals surface area contributed by atoms with Gasteiger partial charge >= 0.3 is 0 Å². The van der Waals surface area contributed by atoms with Crippen LogP contribution < -0.4 is 21.2 Å². The lowest BCUT2D eigenvalue weighted by atomic mass is 10.2. The first-order valence-electron chi connectivity index (χ1n) is 7.78. The summed E-state index contributed by atoms with van der Waals surface area (Å²) in [6, 6.07) is 30.3. The first-order valence-corrected chi connectivity index (χ1v) is 9.12. The van der Waals surface area contributed by atoms with Crippen LogP contribution in [-0.4, -0.2) is 0 Å². The van der Waals surface area contributed by atoms with Gasteiger partial charge in [0.1, 0.15) is 0 Å². The molecule has 0 aliphatic carbocycles. The number of nitrogens with one attached hydrogen (secondary N) is 1. The third-order valence-electron chi connectivity index (χ3n) is 3.72. The molecule has 23 heavy (non-hydrogen) atoms. The first kappa shape index (κ1) is 15.9. The van der Waals surface area contributed by atoms with Crippen LogP contribution in [0.15, 0.2) is 84.9 Å². The molecule has 0 spiro atoms. The van der Waals surface area contributed by atoms with Crippen LogP contribution in [0.5, 0.6) is 0 Å². The maximum absolute atomic E-state index is 3.22. The van der Waals surface area contributed by atoms with Crippen molar-refractivity contribution in [2.75, 3.05) is 0 Å². The molecule has 0 aliphatic heterocycles. The summed E-state index contributed by atoms with van der Waals surface area (Å²) in [5, 5.41) is 7.39. The minimum absolute atomic E-state index is 0.551. The Hall–Kier alpha value is -1.95. The molecule has 0 bridgehead atoms. The Kier molecular flexibility index (Phi) is 5.58. The second kappa shape index (κ2) is 8.06. The number of rotatable bonds is 6. The second-order valence-corrected chi connectivity index (χ2v) is 7.42. The smallest absolute Gasteiger partial charge is 0.0554 e.